The molecule has 69 heavy (non-hydrogen) atoms. The fraction of sp³-hybridized carbons (Fsp3) is 0. The summed E-state index contributed by atoms with van der Waals surface area (Å²) in [5, 5.41) is 4.89. The maximum absolute atomic E-state index is 2.47. The van der Waals surface area contributed by atoms with E-state index in [1.807, 2.05) is 0 Å². The summed E-state index contributed by atoms with van der Waals surface area (Å²) in [6.07, 6.45) is 0. The maximum atomic E-state index is 2.47. The summed E-state index contributed by atoms with van der Waals surface area (Å²) in [5.41, 5.74) is 19.6. The van der Waals surface area contributed by atoms with Gasteiger partial charge in [0.2, 0.25) is 0 Å². The van der Waals surface area contributed by atoms with Crippen molar-refractivity contribution in [3.05, 3.63) is 273 Å². The van der Waals surface area contributed by atoms with Gasteiger partial charge in [-0.1, -0.05) is 188 Å². The molecule has 0 amide bonds. The summed E-state index contributed by atoms with van der Waals surface area (Å²) < 4.78 is 4.76. The van der Waals surface area contributed by atoms with E-state index in [-0.39, 0.29) is 0 Å². The number of hydrogen-bond acceptors (Lipinski definition) is 1. The molecule has 0 aliphatic rings. The fourth-order valence-corrected chi connectivity index (χ4v) is 10.6. The van der Waals surface area contributed by atoms with Crippen molar-refractivity contribution in [3.8, 4) is 55.9 Å². The molecule has 0 spiro atoms. The summed E-state index contributed by atoms with van der Waals surface area (Å²) in [6, 6.07) is 99.2. The monoisotopic (exact) mass is 879 g/mol. The van der Waals surface area contributed by atoms with Crippen molar-refractivity contribution in [1.29, 1.82) is 0 Å². The Bertz CT molecular complexity index is 3980. The van der Waals surface area contributed by atoms with E-state index in [0.29, 0.717) is 0 Å². The number of para-hydroxylation sites is 4. The number of aromatic nitrogens is 2. The molecule has 0 radical (unpaired) electrons. The third-order valence-corrected chi connectivity index (χ3v) is 13.7. The van der Waals surface area contributed by atoms with Crippen molar-refractivity contribution >= 4 is 60.7 Å². The van der Waals surface area contributed by atoms with Crippen LogP contribution in [0.25, 0.3) is 99.5 Å². The van der Waals surface area contributed by atoms with Gasteiger partial charge in [0, 0.05) is 49.9 Å². The van der Waals surface area contributed by atoms with Crippen LogP contribution < -0.4 is 4.90 Å². The predicted molar refractivity (Wildman–Crippen MR) is 292 cm³/mol. The standard InChI is InChI=1S/C66H45N3/c1-5-20-47(21-6-1)54-28-13-14-31-58(54)66-55(48-22-7-2-8-23-48)32-19-35-65(66)67(53-41-43-64-60(45-53)57-30-16-18-34-62(57)69(64)51-26-11-4-12-27-51)52-39-36-46(37-40-52)49-38-42-63-59(44-49)56-29-15-17-33-61(56)68(63)50-24-9-3-10-25-50/h1-45H. The average molecular weight is 880 g/mol. The number of nitrogens with zero attached hydrogens (tertiary/aromatic N) is 3. The zero-order chi connectivity index (χ0) is 45.7. The highest BCUT2D eigenvalue weighted by Gasteiger charge is 2.24. The van der Waals surface area contributed by atoms with Gasteiger partial charge in [-0.25, -0.2) is 0 Å². The lowest BCUT2D eigenvalue weighted by Crippen LogP contribution is -2.12. The Balaban J connectivity index is 1.03. The first kappa shape index (κ1) is 40.1. The molecule has 324 valence electrons. The summed E-state index contributed by atoms with van der Waals surface area (Å²) in [5.74, 6) is 0. The first-order valence-corrected chi connectivity index (χ1v) is 23.7. The molecular weight excluding hydrogens is 835 g/mol. The number of benzene rings is 11. The van der Waals surface area contributed by atoms with Crippen molar-refractivity contribution in [3.63, 3.8) is 0 Å². The molecule has 0 saturated heterocycles. The van der Waals surface area contributed by atoms with Gasteiger partial charge in [-0.15, -0.1) is 0 Å². The zero-order valence-electron chi connectivity index (χ0n) is 37.8. The molecular formula is C66H45N3. The van der Waals surface area contributed by atoms with Crippen LogP contribution in [0.5, 0.6) is 0 Å². The summed E-state index contributed by atoms with van der Waals surface area (Å²) in [6.45, 7) is 0. The number of hydrogen-bond donors (Lipinski definition) is 0. The van der Waals surface area contributed by atoms with E-state index in [1.54, 1.807) is 0 Å². The van der Waals surface area contributed by atoms with E-state index in [1.165, 1.54) is 71.5 Å². The first-order chi connectivity index (χ1) is 34.3. The third-order valence-electron chi connectivity index (χ3n) is 13.7. The highest BCUT2D eigenvalue weighted by molar-refractivity contribution is 6.12. The molecule has 3 heteroatoms. The van der Waals surface area contributed by atoms with Gasteiger partial charge in [0.15, 0.2) is 0 Å². The lowest BCUT2D eigenvalue weighted by Gasteiger charge is -2.30. The second-order valence-electron chi connectivity index (χ2n) is 17.7. The lowest BCUT2D eigenvalue weighted by molar-refractivity contribution is 1.18. The Morgan fingerprint density at radius 3 is 1.29 bits per heavy atom. The number of anilines is 3. The van der Waals surface area contributed by atoms with Gasteiger partial charge in [-0.2, -0.15) is 0 Å². The van der Waals surface area contributed by atoms with Gasteiger partial charge in [-0.3, -0.25) is 0 Å². The van der Waals surface area contributed by atoms with Crippen LogP contribution in [0, 0.1) is 0 Å². The van der Waals surface area contributed by atoms with Crippen LogP contribution in [0.15, 0.2) is 273 Å². The predicted octanol–water partition coefficient (Wildman–Crippen LogP) is 18.0. The third kappa shape index (κ3) is 6.91. The molecule has 0 saturated carbocycles. The van der Waals surface area contributed by atoms with Gasteiger partial charge in [0.05, 0.1) is 27.8 Å². The Morgan fingerprint density at radius 1 is 0.246 bits per heavy atom. The second kappa shape index (κ2) is 16.9. The van der Waals surface area contributed by atoms with Gasteiger partial charge in [-0.05, 0) is 124 Å². The van der Waals surface area contributed by atoms with E-state index >= 15 is 0 Å². The molecule has 0 aliphatic carbocycles. The van der Waals surface area contributed by atoms with E-state index in [9.17, 15) is 0 Å². The summed E-state index contributed by atoms with van der Waals surface area (Å²) >= 11 is 0. The lowest BCUT2D eigenvalue weighted by atomic mass is 9.87. The normalized spacial score (nSPS) is 11.5. The molecule has 11 aromatic carbocycles. The minimum atomic E-state index is 1.07. The first-order valence-electron chi connectivity index (χ1n) is 23.7. The topological polar surface area (TPSA) is 13.1 Å². The molecule has 13 aromatic rings. The van der Waals surface area contributed by atoms with Gasteiger partial charge < -0.3 is 14.0 Å². The van der Waals surface area contributed by atoms with Crippen molar-refractivity contribution in [2.45, 2.75) is 0 Å². The highest BCUT2D eigenvalue weighted by Crippen LogP contribution is 2.49. The molecule has 13 rings (SSSR count). The van der Waals surface area contributed by atoms with Gasteiger partial charge >= 0.3 is 0 Å². The van der Waals surface area contributed by atoms with Gasteiger partial charge in [0.1, 0.15) is 0 Å². The van der Waals surface area contributed by atoms with Crippen LogP contribution >= 0.6 is 0 Å². The minimum absolute atomic E-state index is 1.07. The molecule has 2 aromatic heterocycles. The number of fused-ring (bicyclic) bond motifs is 6. The van der Waals surface area contributed by atoms with Gasteiger partial charge in [0.25, 0.3) is 0 Å². The average Bonchev–Trinajstić information content (AvgIpc) is 3.94. The van der Waals surface area contributed by atoms with Crippen molar-refractivity contribution in [2.24, 2.45) is 0 Å². The molecule has 0 fully saturated rings. The molecule has 0 aliphatic heterocycles. The van der Waals surface area contributed by atoms with E-state index in [0.717, 1.165) is 45.1 Å². The molecule has 0 unspecified atom stereocenters. The van der Waals surface area contributed by atoms with Crippen LogP contribution in [-0.4, -0.2) is 9.13 Å². The molecule has 0 N–H and O–H groups in total. The Labute approximate surface area is 401 Å². The summed E-state index contributed by atoms with van der Waals surface area (Å²) in [4.78, 5) is 2.47. The molecule has 2 heterocycles. The fourth-order valence-electron chi connectivity index (χ4n) is 10.6. The highest BCUT2D eigenvalue weighted by atomic mass is 15.1. The Morgan fingerprint density at radius 2 is 0.681 bits per heavy atom. The zero-order valence-corrected chi connectivity index (χ0v) is 37.8. The SMILES string of the molecule is c1ccc(-c2ccccc2-c2c(-c3ccccc3)cccc2N(c2ccc(-c3ccc4c(c3)c3ccccc3n4-c3ccccc3)cc2)c2ccc3c(c2)c2ccccc2n3-c2ccccc2)cc1. The summed E-state index contributed by atoms with van der Waals surface area (Å²) in [7, 11) is 0. The van der Waals surface area contributed by atoms with Crippen LogP contribution in [0.3, 0.4) is 0 Å². The van der Waals surface area contributed by atoms with E-state index in [2.05, 4.69) is 287 Å². The largest absolute Gasteiger partial charge is 0.310 e. The van der Waals surface area contributed by atoms with Crippen LogP contribution in [0.4, 0.5) is 17.1 Å². The van der Waals surface area contributed by atoms with E-state index < -0.39 is 0 Å². The Hall–Kier alpha value is -9.18. The van der Waals surface area contributed by atoms with Crippen molar-refractivity contribution < 1.29 is 0 Å². The van der Waals surface area contributed by atoms with Crippen LogP contribution in [-0.2, 0) is 0 Å². The minimum Gasteiger partial charge on any atom is -0.310 e. The molecule has 0 bridgehead atoms. The van der Waals surface area contributed by atoms with E-state index in [4.69, 9.17) is 0 Å². The Kier molecular flexibility index (Phi) is 9.84. The van der Waals surface area contributed by atoms with Crippen molar-refractivity contribution in [2.75, 3.05) is 4.90 Å². The second-order valence-corrected chi connectivity index (χ2v) is 17.7. The maximum Gasteiger partial charge on any atom is 0.0546 e. The van der Waals surface area contributed by atoms with Crippen LogP contribution in [0.1, 0.15) is 0 Å². The molecule has 0 atom stereocenters. The van der Waals surface area contributed by atoms with Crippen LogP contribution in [0.2, 0.25) is 0 Å². The number of rotatable bonds is 9. The molecule has 3 nitrogen and oxygen atoms in total. The smallest absolute Gasteiger partial charge is 0.0546 e. The van der Waals surface area contributed by atoms with Crippen molar-refractivity contribution in [1.82, 2.24) is 9.13 Å². The quantitative estimate of drug-likeness (QED) is 0.141.